The largest absolute Gasteiger partial charge is 0.508 e. The molecule has 32 heavy (non-hydrogen) atoms. The molecule has 0 amide bonds. The maximum absolute atomic E-state index is 12.4. The van der Waals surface area contributed by atoms with Crippen molar-refractivity contribution in [2.75, 3.05) is 6.61 Å². The van der Waals surface area contributed by atoms with Gasteiger partial charge in [0.25, 0.3) is 0 Å². The van der Waals surface area contributed by atoms with Crippen molar-refractivity contribution in [2.24, 2.45) is 0 Å². The molecule has 170 valence electrons. The number of phenolic OH excluding ortho intramolecular Hbond substituents is 3. The summed E-state index contributed by atoms with van der Waals surface area (Å²) >= 11 is 0. The quantitative estimate of drug-likeness (QED) is 0.279. The molecule has 3 aromatic rings. The second-order valence-electron chi connectivity index (χ2n) is 7.31. The van der Waals surface area contributed by atoms with E-state index in [-0.39, 0.29) is 33.8 Å². The Bertz CT molecular complexity index is 1200. The fraction of sp³-hybridized carbons (Fsp3) is 0.286. The highest BCUT2D eigenvalue weighted by Crippen LogP contribution is 2.35. The van der Waals surface area contributed by atoms with Crippen LogP contribution < -0.4 is 10.2 Å². The minimum atomic E-state index is -1.66. The Morgan fingerprint density at radius 1 is 0.906 bits per heavy atom. The highest BCUT2D eigenvalue weighted by Gasteiger charge is 2.44. The third-order valence-corrected chi connectivity index (χ3v) is 5.13. The molecule has 1 fully saturated rings. The average molecular weight is 448 g/mol. The minimum absolute atomic E-state index is 0.0298. The number of rotatable bonds is 4. The van der Waals surface area contributed by atoms with E-state index in [0.29, 0.717) is 0 Å². The first-order valence-electron chi connectivity index (χ1n) is 9.50. The van der Waals surface area contributed by atoms with Crippen molar-refractivity contribution in [1.82, 2.24) is 0 Å². The van der Waals surface area contributed by atoms with Crippen LogP contribution in [0, 0.1) is 0 Å². The van der Waals surface area contributed by atoms with Gasteiger partial charge in [0, 0.05) is 23.8 Å². The molecule has 0 radical (unpaired) electrons. The first kappa shape index (κ1) is 21.9. The molecule has 1 aliphatic rings. The standard InChI is InChI=1S/C21H20O11/c22-7-16-18(27)19(28)20(29)21(32-16)31-13-2-1-8(3-10(13)24)14-6-12(26)17-11(25)4-9(23)5-15(17)30-14/h1-6,16,18-25,27-29H,7H2/t16-,18-,19-,20-,21-/m1/s1. The topological polar surface area (TPSA) is 190 Å². The summed E-state index contributed by atoms with van der Waals surface area (Å²) < 4.78 is 16.2. The second kappa shape index (κ2) is 8.30. The number of phenols is 3. The third kappa shape index (κ3) is 3.83. The number of fused-ring (bicyclic) bond motifs is 1. The molecule has 0 saturated carbocycles. The van der Waals surface area contributed by atoms with E-state index in [1.807, 2.05) is 0 Å². The van der Waals surface area contributed by atoms with Gasteiger partial charge < -0.3 is 49.6 Å². The van der Waals surface area contributed by atoms with E-state index in [1.54, 1.807) is 0 Å². The van der Waals surface area contributed by atoms with Gasteiger partial charge in [0.1, 0.15) is 52.6 Å². The van der Waals surface area contributed by atoms with E-state index < -0.39 is 54.2 Å². The predicted octanol–water partition coefficient (Wildman–Crippen LogP) is -0.245. The first-order chi connectivity index (χ1) is 15.2. The number of benzene rings is 2. The van der Waals surface area contributed by atoms with Crippen molar-refractivity contribution >= 4 is 11.0 Å². The van der Waals surface area contributed by atoms with Gasteiger partial charge in [0.05, 0.1) is 6.61 Å². The maximum atomic E-state index is 12.4. The summed E-state index contributed by atoms with van der Waals surface area (Å²) in [6, 6.07) is 7.19. The number of aromatic hydroxyl groups is 3. The van der Waals surface area contributed by atoms with Crippen LogP contribution in [-0.4, -0.2) is 73.1 Å². The molecule has 2 heterocycles. The average Bonchev–Trinajstić information content (AvgIpc) is 2.74. The van der Waals surface area contributed by atoms with Crippen molar-refractivity contribution in [3.8, 4) is 34.3 Å². The number of aliphatic hydroxyl groups excluding tert-OH is 4. The molecular weight excluding hydrogens is 428 g/mol. The van der Waals surface area contributed by atoms with Crippen LogP contribution in [0.3, 0.4) is 0 Å². The monoisotopic (exact) mass is 448 g/mol. The van der Waals surface area contributed by atoms with Gasteiger partial charge in [-0.1, -0.05) is 0 Å². The highest BCUT2D eigenvalue weighted by atomic mass is 16.7. The van der Waals surface area contributed by atoms with Crippen LogP contribution in [-0.2, 0) is 4.74 Å². The SMILES string of the molecule is O=c1cc(-c2ccc(O[C@@H]3O[C@H](CO)[C@@H](O)[C@@H](O)[C@H]3O)c(O)c2)oc2cc(O)cc(O)c12. The fourth-order valence-electron chi connectivity index (χ4n) is 3.46. The van der Waals surface area contributed by atoms with Crippen molar-refractivity contribution < 1.29 is 49.6 Å². The lowest BCUT2D eigenvalue weighted by molar-refractivity contribution is -0.277. The van der Waals surface area contributed by atoms with Gasteiger partial charge in [-0.3, -0.25) is 4.79 Å². The third-order valence-electron chi connectivity index (χ3n) is 5.13. The van der Waals surface area contributed by atoms with E-state index in [4.69, 9.17) is 13.9 Å². The van der Waals surface area contributed by atoms with Crippen LogP contribution in [0.25, 0.3) is 22.3 Å². The summed E-state index contributed by atoms with van der Waals surface area (Å²) in [7, 11) is 0. The van der Waals surface area contributed by atoms with Crippen LogP contribution in [0.4, 0.5) is 0 Å². The Morgan fingerprint density at radius 2 is 1.66 bits per heavy atom. The second-order valence-corrected chi connectivity index (χ2v) is 7.31. The minimum Gasteiger partial charge on any atom is -0.508 e. The summed E-state index contributed by atoms with van der Waals surface area (Å²) in [6.07, 6.45) is -7.54. The first-order valence-corrected chi connectivity index (χ1v) is 9.50. The number of hydrogen-bond donors (Lipinski definition) is 7. The van der Waals surface area contributed by atoms with Crippen molar-refractivity contribution in [2.45, 2.75) is 30.7 Å². The van der Waals surface area contributed by atoms with Crippen molar-refractivity contribution in [3.63, 3.8) is 0 Å². The number of ether oxygens (including phenoxy) is 2. The molecule has 11 heteroatoms. The lowest BCUT2D eigenvalue weighted by Gasteiger charge is -2.39. The summed E-state index contributed by atoms with van der Waals surface area (Å²) in [5.41, 5.74) is -0.378. The predicted molar refractivity (Wildman–Crippen MR) is 107 cm³/mol. The molecule has 1 aliphatic heterocycles. The number of hydrogen-bond acceptors (Lipinski definition) is 11. The van der Waals surface area contributed by atoms with Crippen LogP contribution in [0.1, 0.15) is 0 Å². The van der Waals surface area contributed by atoms with E-state index in [1.165, 1.54) is 18.2 Å². The molecule has 7 N–H and O–H groups in total. The van der Waals surface area contributed by atoms with Crippen LogP contribution >= 0.6 is 0 Å². The Labute approximate surface area is 179 Å². The maximum Gasteiger partial charge on any atom is 0.229 e. The zero-order valence-corrected chi connectivity index (χ0v) is 16.3. The summed E-state index contributed by atoms with van der Waals surface area (Å²) in [5.74, 6) is -1.30. The molecule has 0 unspecified atom stereocenters. The normalized spacial score (nSPS) is 25.7. The molecule has 0 aliphatic carbocycles. The lowest BCUT2D eigenvalue weighted by Crippen LogP contribution is -2.60. The fourth-order valence-corrected chi connectivity index (χ4v) is 3.46. The van der Waals surface area contributed by atoms with Gasteiger partial charge in [-0.05, 0) is 18.2 Å². The van der Waals surface area contributed by atoms with E-state index in [9.17, 15) is 40.5 Å². The lowest BCUT2D eigenvalue weighted by atomic mass is 9.99. The molecular formula is C21H20O11. The van der Waals surface area contributed by atoms with E-state index in [0.717, 1.165) is 18.2 Å². The molecule has 1 saturated heterocycles. The van der Waals surface area contributed by atoms with Crippen LogP contribution in [0.2, 0.25) is 0 Å². The number of aliphatic hydroxyl groups is 4. The van der Waals surface area contributed by atoms with E-state index in [2.05, 4.69) is 0 Å². The van der Waals surface area contributed by atoms with Gasteiger partial charge in [-0.15, -0.1) is 0 Å². The Balaban J connectivity index is 1.64. The smallest absolute Gasteiger partial charge is 0.229 e. The Morgan fingerprint density at radius 3 is 2.34 bits per heavy atom. The van der Waals surface area contributed by atoms with Gasteiger partial charge >= 0.3 is 0 Å². The highest BCUT2D eigenvalue weighted by molar-refractivity contribution is 5.86. The molecule has 2 aromatic carbocycles. The van der Waals surface area contributed by atoms with Crippen LogP contribution in [0.5, 0.6) is 23.0 Å². The summed E-state index contributed by atoms with van der Waals surface area (Å²) in [6.45, 7) is -0.637. The van der Waals surface area contributed by atoms with E-state index >= 15 is 0 Å². The summed E-state index contributed by atoms with van der Waals surface area (Å²) in [5, 5.41) is 68.7. The van der Waals surface area contributed by atoms with Gasteiger partial charge in [0.15, 0.2) is 16.9 Å². The van der Waals surface area contributed by atoms with Crippen LogP contribution in [0.15, 0.2) is 45.6 Å². The van der Waals surface area contributed by atoms with Gasteiger partial charge in [0.2, 0.25) is 6.29 Å². The Kier molecular flexibility index (Phi) is 5.67. The molecule has 0 spiro atoms. The zero-order valence-electron chi connectivity index (χ0n) is 16.3. The van der Waals surface area contributed by atoms with Gasteiger partial charge in [-0.25, -0.2) is 0 Å². The molecule has 1 aromatic heterocycles. The van der Waals surface area contributed by atoms with Crippen molar-refractivity contribution in [3.05, 3.63) is 46.6 Å². The molecule has 5 atom stereocenters. The Hall–Kier alpha value is -3.35. The molecule has 0 bridgehead atoms. The van der Waals surface area contributed by atoms with Crippen molar-refractivity contribution in [1.29, 1.82) is 0 Å². The summed E-state index contributed by atoms with van der Waals surface area (Å²) in [4.78, 5) is 12.4. The zero-order chi connectivity index (χ0) is 23.2. The molecule has 4 rings (SSSR count). The van der Waals surface area contributed by atoms with Gasteiger partial charge in [-0.2, -0.15) is 0 Å². The molecule has 11 nitrogen and oxygen atoms in total.